The SMILES string of the molecule is CS(=O)(=O)N1CCC(c2nnc3sc(-c4cccc5c(Cl)cccc45)nn23)CC1. The third-order valence-electron chi connectivity index (χ3n) is 5.40. The van der Waals surface area contributed by atoms with Crippen LogP contribution in [0.1, 0.15) is 24.6 Å². The van der Waals surface area contributed by atoms with Crippen molar-refractivity contribution >= 4 is 48.7 Å². The number of rotatable bonds is 3. The van der Waals surface area contributed by atoms with Gasteiger partial charge in [-0.2, -0.15) is 9.61 Å². The number of halogens is 1. The lowest BCUT2D eigenvalue weighted by Crippen LogP contribution is -2.37. The van der Waals surface area contributed by atoms with Crippen molar-refractivity contribution in [3.05, 3.63) is 47.2 Å². The molecule has 1 fully saturated rings. The molecule has 0 radical (unpaired) electrons. The average molecular weight is 448 g/mol. The highest BCUT2D eigenvalue weighted by Gasteiger charge is 2.29. The van der Waals surface area contributed by atoms with E-state index in [-0.39, 0.29) is 5.92 Å². The predicted molar refractivity (Wildman–Crippen MR) is 115 cm³/mol. The Morgan fingerprint density at radius 3 is 2.55 bits per heavy atom. The van der Waals surface area contributed by atoms with Gasteiger partial charge in [0.2, 0.25) is 15.0 Å². The molecule has 29 heavy (non-hydrogen) atoms. The molecule has 0 amide bonds. The van der Waals surface area contributed by atoms with Gasteiger partial charge in [0.25, 0.3) is 0 Å². The van der Waals surface area contributed by atoms with Crippen LogP contribution in [0.15, 0.2) is 36.4 Å². The second-order valence-electron chi connectivity index (χ2n) is 7.24. The molecule has 0 bridgehead atoms. The lowest BCUT2D eigenvalue weighted by Gasteiger charge is -2.28. The number of aromatic nitrogens is 4. The minimum atomic E-state index is -3.15. The van der Waals surface area contributed by atoms with Gasteiger partial charge in [-0.3, -0.25) is 0 Å². The topological polar surface area (TPSA) is 80.5 Å². The van der Waals surface area contributed by atoms with Gasteiger partial charge in [0.15, 0.2) is 5.82 Å². The molecule has 0 spiro atoms. The van der Waals surface area contributed by atoms with Crippen molar-refractivity contribution in [3.63, 3.8) is 0 Å². The standard InChI is InChI=1S/C19H18ClN5O2S2/c1-29(26,27)24-10-8-12(9-11-24)17-21-22-19-25(17)23-18(28-19)15-6-2-5-14-13(15)4-3-7-16(14)20/h2-7,12H,8-11H2,1H3. The Morgan fingerprint density at radius 2 is 1.79 bits per heavy atom. The third-order valence-corrected chi connectivity index (χ3v) is 7.97. The molecular weight excluding hydrogens is 430 g/mol. The van der Waals surface area contributed by atoms with Crippen LogP contribution in [-0.4, -0.2) is 51.9 Å². The van der Waals surface area contributed by atoms with E-state index in [4.69, 9.17) is 16.7 Å². The van der Waals surface area contributed by atoms with Crippen LogP contribution in [0.4, 0.5) is 0 Å². The van der Waals surface area contributed by atoms with E-state index >= 15 is 0 Å². The van der Waals surface area contributed by atoms with Gasteiger partial charge in [-0.25, -0.2) is 12.7 Å². The van der Waals surface area contributed by atoms with E-state index in [9.17, 15) is 8.42 Å². The molecule has 150 valence electrons. The average Bonchev–Trinajstić information content (AvgIpc) is 3.28. The second-order valence-corrected chi connectivity index (χ2v) is 10.6. The minimum Gasteiger partial charge on any atom is -0.213 e. The normalized spacial score (nSPS) is 16.8. The Labute approximate surface area is 177 Å². The number of fused-ring (bicyclic) bond motifs is 2. The fourth-order valence-electron chi connectivity index (χ4n) is 3.90. The van der Waals surface area contributed by atoms with Crippen molar-refractivity contribution in [2.24, 2.45) is 0 Å². The molecule has 3 heterocycles. The first kappa shape index (κ1) is 18.9. The molecule has 0 unspecified atom stereocenters. The van der Waals surface area contributed by atoms with Gasteiger partial charge in [-0.05, 0) is 24.3 Å². The molecular formula is C19H18ClN5O2S2. The van der Waals surface area contributed by atoms with Crippen molar-refractivity contribution in [1.29, 1.82) is 0 Å². The Morgan fingerprint density at radius 1 is 1.07 bits per heavy atom. The van der Waals surface area contributed by atoms with Crippen molar-refractivity contribution in [2.45, 2.75) is 18.8 Å². The van der Waals surface area contributed by atoms with Gasteiger partial charge in [-0.1, -0.05) is 53.3 Å². The molecule has 2 aromatic heterocycles. The van der Waals surface area contributed by atoms with Crippen molar-refractivity contribution in [3.8, 4) is 10.6 Å². The molecule has 1 saturated heterocycles. The maximum atomic E-state index is 11.8. The quantitative estimate of drug-likeness (QED) is 0.477. The zero-order valence-electron chi connectivity index (χ0n) is 15.6. The monoisotopic (exact) mass is 447 g/mol. The highest BCUT2D eigenvalue weighted by molar-refractivity contribution is 7.88. The van der Waals surface area contributed by atoms with Gasteiger partial charge in [-0.15, -0.1) is 10.2 Å². The predicted octanol–water partition coefficient (Wildman–Crippen LogP) is 3.80. The molecule has 4 aromatic rings. The fraction of sp³-hybridized carbons (Fsp3) is 0.316. The van der Waals surface area contributed by atoms with Crippen LogP contribution in [0, 0.1) is 0 Å². The van der Waals surface area contributed by atoms with E-state index in [0.717, 1.165) is 32.1 Å². The Bertz CT molecular complexity index is 1320. The highest BCUT2D eigenvalue weighted by atomic mass is 35.5. The number of piperidine rings is 1. The van der Waals surface area contributed by atoms with Crippen molar-refractivity contribution in [1.82, 2.24) is 24.1 Å². The largest absolute Gasteiger partial charge is 0.234 e. The van der Waals surface area contributed by atoms with E-state index in [1.165, 1.54) is 21.9 Å². The van der Waals surface area contributed by atoms with Crippen LogP contribution in [0.5, 0.6) is 0 Å². The number of sulfonamides is 1. The third kappa shape index (κ3) is 3.31. The van der Waals surface area contributed by atoms with E-state index in [1.54, 1.807) is 0 Å². The summed E-state index contributed by atoms with van der Waals surface area (Å²) in [6.07, 6.45) is 2.68. The van der Waals surface area contributed by atoms with Crippen LogP contribution in [0.3, 0.4) is 0 Å². The van der Waals surface area contributed by atoms with Crippen molar-refractivity contribution < 1.29 is 8.42 Å². The summed E-state index contributed by atoms with van der Waals surface area (Å²) < 4.78 is 26.8. The summed E-state index contributed by atoms with van der Waals surface area (Å²) >= 11 is 7.84. The van der Waals surface area contributed by atoms with E-state index in [2.05, 4.69) is 10.2 Å². The summed E-state index contributed by atoms with van der Waals surface area (Å²) in [5.74, 6) is 0.939. The molecule has 10 heteroatoms. The number of benzene rings is 2. The summed E-state index contributed by atoms with van der Waals surface area (Å²) in [5, 5.41) is 17.1. The summed E-state index contributed by atoms with van der Waals surface area (Å²) in [5.41, 5.74) is 1.01. The van der Waals surface area contributed by atoms with Crippen LogP contribution in [-0.2, 0) is 10.0 Å². The molecule has 0 saturated carbocycles. The van der Waals surface area contributed by atoms with Gasteiger partial charge >= 0.3 is 0 Å². The smallest absolute Gasteiger partial charge is 0.213 e. The van der Waals surface area contributed by atoms with Gasteiger partial charge < -0.3 is 0 Å². The van der Waals surface area contributed by atoms with Crippen LogP contribution in [0.25, 0.3) is 26.3 Å². The zero-order valence-corrected chi connectivity index (χ0v) is 18.0. The van der Waals surface area contributed by atoms with Crippen LogP contribution >= 0.6 is 22.9 Å². The summed E-state index contributed by atoms with van der Waals surface area (Å²) in [7, 11) is -3.15. The highest BCUT2D eigenvalue weighted by Crippen LogP contribution is 2.36. The van der Waals surface area contributed by atoms with E-state index in [0.29, 0.717) is 31.0 Å². The molecule has 0 N–H and O–H groups in total. The molecule has 7 nitrogen and oxygen atoms in total. The minimum absolute atomic E-state index is 0.139. The number of nitrogens with zero attached hydrogens (tertiary/aromatic N) is 5. The van der Waals surface area contributed by atoms with Gasteiger partial charge in [0, 0.05) is 35.0 Å². The fourth-order valence-corrected chi connectivity index (χ4v) is 5.90. The Kier molecular flexibility index (Phi) is 4.58. The van der Waals surface area contributed by atoms with Gasteiger partial charge in [0.05, 0.1) is 6.26 Å². The lowest BCUT2D eigenvalue weighted by atomic mass is 9.97. The second kappa shape index (κ2) is 7.02. The van der Waals surface area contributed by atoms with Crippen molar-refractivity contribution in [2.75, 3.05) is 19.3 Å². The molecule has 0 atom stereocenters. The van der Waals surface area contributed by atoms with Gasteiger partial charge in [0.1, 0.15) is 5.01 Å². The van der Waals surface area contributed by atoms with Crippen LogP contribution in [0.2, 0.25) is 5.02 Å². The number of hydrogen-bond donors (Lipinski definition) is 0. The Hall–Kier alpha value is -2.07. The summed E-state index contributed by atoms with van der Waals surface area (Å²) in [6.45, 7) is 0.995. The van der Waals surface area contributed by atoms with E-state index in [1.807, 2.05) is 40.9 Å². The summed E-state index contributed by atoms with van der Waals surface area (Å²) in [4.78, 5) is 0.736. The maximum absolute atomic E-state index is 11.8. The first-order chi connectivity index (χ1) is 13.9. The molecule has 0 aliphatic carbocycles. The molecule has 2 aromatic carbocycles. The van der Waals surface area contributed by atoms with Crippen LogP contribution < -0.4 is 0 Å². The lowest BCUT2D eigenvalue weighted by molar-refractivity contribution is 0.313. The maximum Gasteiger partial charge on any atom is 0.234 e. The molecule has 1 aliphatic rings. The van der Waals surface area contributed by atoms with E-state index < -0.39 is 10.0 Å². The Balaban J connectivity index is 1.51. The summed E-state index contributed by atoms with van der Waals surface area (Å²) in [6, 6.07) is 11.9. The zero-order chi connectivity index (χ0) is 20.2. The first-order valence-electron chi connectivity index (χ1n) is 9.27. The molecule has 1 aliphatic heterocycles. The molecule has 5 rings (SSSR count). The first-order valence-corrected chi connectivity index (χ1v) is 12.3. The number of hydrogen-bond acceptors (Lipinski definition) is 6.